The highest BCUT2D eigenvalue weighted by molar-refractivity contribution is 6.51. The number of anilines is 1. The van der Waals surface area contributed by atoms with Crippen LogP contribution in [0.2, 0.25) is 0 Å². The predicted octanol–water partition coefficient (Wildman–Crippen LogP) is 4.23. The summed E-state index contributed by atoms with van der Waals surface area (Å²) >= 11 is 0. The highest BCUT2D eigenvalue weighted by atomic mass is 16.5. The predicted molar refractivity (Wildman–Crippen MR) is 114 cm³/mol. The van der Waals surface area contributed by atoms with Crippen LogP contribution in [-0.4, -0.2) is 31.0 Å². The Balaban J connectivity index is 1.93. The van der Waals surface area contributed by atoms with Gasteiger partial charge in [0.1, 0.15) is 29.1 Å². The Kier molecular flexibility index (Phi) is 5.25. The zero-order valence-corrected chi connectivity index (χ0v) is 17.3. The van der Waals surface area contributed by atoms with E-state index in [-0.39, 0.29) is 11.3 Å². The summed E-state index contributed by atoms with van der Waals surface area (Å²) in [7, 11) is 3.01. The molecule has 0 spiro atoms. The summed E-state index contributed by atoms with van der Waals surface area (Å²) in [5.41, 5.74) is 1.59. The van der Waals surface area contributed by atoms with Crippen molar-refractivity contribution in [2.45, 2.75) is 13.0 Å². The number of hydrogen-bond acceptors (Lipinski definition) is 6. The molecule has 4 rings (SSSR count). The van der Waals surface area contributed by atoms with Gasteiger partial charge in [0.05, 0.1) is 31.6 Å². The number of aryl methyl sites for hydroxylation is 1. The van der Waals surface area contributed by atoms with Gasteiger partial charge >= 0.3 is 0 Å². The van der Waals surface area contributed by atoms with Gasteiger partial charge in [0.25, 0.3) is 11.7 Å². The molecule has 0 bridgehead atoms. The molecular weight excluding hydrogens is 398 g/mol. The second-order valence-corrected chi connectivity index (χ2v) is 7.09. The highest BCUT2D eigenvalue weighted by Crippen LogP contribution is 2.43. The van der Waals surface area contributed by atoms with Crippen molar-refractivity contribution in [3.05, 3.63) is 83.3 Å². The van der Waals surface area contributed by atoms with E-state index in [9.17, 15) is 14.7 Å². The lowest BCUT2D eigenvalue weighted by molar-refractivity contribution is -0.132. The van der Waals surface area contributed by atoms with Crippen LogP contribution < -0.4 is 14.4 Å². The minimum absolute atomic E-state index is 0.0698. The number of benzene rings is 2. The summed E-state index contributed by atoms with van der Waals surface area (Å²) in [6.45, 7) is 1.86. The minimum Gasteiger partial charge on any atom is -0.507 e. The maximum Gasteiger partial charge on any atom is 0.300 e. The van der Waals surface area contributed by atoms with Crippen molar-refractivity contribution in [2.24, 2.45) is 0 Å². The number of carbonyl (C=O) groups excluding carboxylic acids is 2. The molecule has 0 radical (unpaired) electrons. The standard InChI is InChI=1S/C24H21NO6/c1-14-6-11-18(30-3)17(13-14)22(26)20-21(19-5-4-12-31-19)25(24(28)23(20)27)15-7-9-16(29-2)10-8-15/h4-13,21,26H,1-3H3/b22-20-. The Morgan fingerprint density at radius 3 is 2.39 bits per heavy atom. The van der Waals surface area contributed by atoms with Crippen molar-refractivity contribution in [1.29, 1.82) is 0 Å². The van der Waals surface area contributed by atoms with E-state index in [4.69, 9.17) is 13.9 Å². The van der Waals surface area contributed by atoms with Crippen molar-refractivity contribution in [1.82, 2.24) is 0 Å². The van der Waals surface area contributed by atoms with Crippen LogP contribution in [0, 0.1) is 6.92 Å². The largest absolute Gasteiger partial charge is 0.507 e. The number of methoxy groups -OCH3 is 2. The van der Waals surface area contributed by atoms with E-state index < -0.39 is 17.7 Å². The number of Topliss-reactive ketones (excluding diaryl/α,β-unsaturated/α-hetero) is 1. The quantitative estimate of drug-likeness (QED) is 0.378. The molecule has 1 atom stereocenters. The molecule has 1 saturated heterocycles. The van der Waals surface area contributed by atoms with Gasteiger partial charge in [0, 0.05) is 5.69 Å². The first-order valence-electron chi connectivity index (χ1n) is 9.59. The van der Waals surface area contributed by atoms with Crippen LogP contribution in [0.15, 0.2) is 70.9 Å². The van der Waals surface area contributed by atoms with Crippen LogP contribution in [0.3, 0.4) is 0 Å². The Hall–Kier alpha value is -4.00. The van der Waals surface area contributed by atoms with Gasteiger partial charge in [0.15, 0.2) is 0 Å². The van der Waals surface area contributed by atoms with Gasteiger partial charge in [-0.25, -0.2) is 0 Å². The SMILES string of the molecule is COc1ccc(N2C(=O)C(=O)/C(=C(\O)c3cc(C)ccc3OC)C2c2ccco2)cc1. The second-order valence-electron chi connectivity index (χ2n) is 7.09. The van der Waals surface area contributed by atoms with E-state index in [0.717, 1.165) is 5.56 Å². The molecule has 7 heteroatoms. The van der Waals surface area contributed by atoms with Crippen LogP contribution in [0.5, 0.6) is 11.5 Å². The summed E-state index contributed by atoms with van der Waals surface area (Å²) in [6.07, 6.45) is 1.46. The number of rotatable bonds is 5. The molecule has 1 N–H and O–H groups in total. The lowest BCUT2D eigenvalue weighted by Crippen LogP contribution is -2.29. The third-order valence-corrected chi connectivity index (χ3v) is 5.22. The number of amides is 1. The first-order valence-corrected chi connectivity index (χ1v) is 9.59. The molecule has 1 unspecified atom stereocenters. The summed E-state index contributed by atoms with van der Waals surface area (Å²) in [5.74, 6) is -0.547. The van der Waals surface area contributed by atoms with Gasteiger partial charge in [-0.2, -0.15) is 0 Å². The van der Waals surface area contributed by atoms with Crippen LogP contribution in [0.1, 0.15) is 22.9 Å². The summed E-state index contributed by atoms with van der Waals surface area (Å²) in [4.78, 5) is 27.5. The van der Waals surface area contributed by atoms with Gasteiger partial charge < -0.3 is 19.0 Å². The zero-order chi connectivity index (χ0) is 22.1. The molecule has 1 amide bonds. The zero-order valence-electron chi connectivity index (χ0n) is 17.3. The molecule has 158 valence electrons. The number of aliphatic hydroxyl groups is 1. The van der Waals surface area contributed by atoms with Crippen molar-refractivity contribution in [3.63, 3.8) is 0 Å². The topological polar surface area (TPSA) is 89.2 Å². The number of hydrogen-bond donors (Lipinski definition) is 1. The number of ether oxygens (including phenoxy) is 2. The fourth-order valence-electron chi connectivity index (χ4n) is 3.71. The average Bonchev–Trinajstić information content (AvgIpc) is 3.40. The molecule has 1 aromatic heterocycles. The number of ketones is 1. The fraction of sp³-hybridized carbons (Fsp3) is 0.167. The number of carbonyl (C=O) groups is 2. The lowest BCUT2D eigenvalue weighted by atomic mass is 9.97. The summed E-state index contributed by atoms with van der Waals surface area (Å²) in [6, 6.07) is 14.4. The van der Waals surface area contributed by atoms with E-state index in [1.807, 2.05) is 13.0 Å². The van der Waals surface area contributed by atoms with Gasteiger partial charge in [-0.05, 0) is 55.5 Å². The van der Waals surface area contributed by atoms with Gasteiger partial charge in [-0.15, -0.1) is 0 Å². The van der Waals surface area contributed by atoms with Gasteiger partial charge in [-0.1, -0.05) is 11.6 Å². The Morgan fingerprint density at radius 2 is 1.77 bits per heavy atom. The van der Waals surface area contributed by atoms with E-state index in [1.54, 1.807) is 55.6 Å². The lowest BCUT2D eigenvalue weighted by Gasteiger charge is -2.23. The molecule has 1 aliphatic rings. The number of nitrogens with zero attached hydrogens (tertiary/aromatic N) is 1. The van der Waals surface area contributed by atoms with Crippen LogP contribution in [0.25, 0.3) is 5.76 Å². The number of furan rings is 1. The minimum atomic E-state index is -0.936. The van der Waals surface area contributed by atoms with E-state index >= 15 is 0 Å². The number of aliphatic hydroxyl groups excluding tert-OH is 1. The van der Waals surface area contributed by atoms with Crippen LogP contribution >= 0.6 is 0 Å². The maximum atomic E-state index is 13.1. The first kappa shape index (κ1) is 20.3. The van der Waals surface area contributed by atoms with Crippen molar-refractivity contribution >= 4 is 23.1 Å². The van der Waals surface area contributed by atoms with Gasteiger partial charge in [-0.3, -0.25) is 14.5 Å². The highest BCUT2D eigenvalue weighted by Gasteiger charge is 2.48. The van der Waals surface area contributed by atoms with Gasteiger partial charge in [0.2, 0.25) is 0 Å². The molecule has 0 saturated carbocycles. The smallest absolute Gasteiger partial charge is 0.300 e. The van der Waals surface area contributed by atoms with E-state index in [1.165, 1.54) is 18.3 Å². The third-order valence-electron chi connectivity index (χ3n) is 5.22. The molecule has 1 aliphatic heterocycles. The Labute approximate surface area is 179 Å². The molecule has 3 aromatic rings. The molecule has 31 heavy (non-hydrogen) atoms. The average molecular weight is 419 g/mol. The van der Waals surface area contributed by atoms with Crippen LogP contribution in [0.4, 0.5) is 5.69 Å². The van der Waals surface area contributed by atoms with Crippen molar-refractivity contribution in [3.8, 4) is 11.5 Å². The van der Waals surface area contributed by atoms with Crippen molar-refractivity contribution in [2.75, 3.05) is 19.1 Å². The molecular formula is C24H21NO6. The molecule has 2 heterocycles. The molecule has 2 aromatic carbocycles. The maximum absolute atomic E-state index is 13.1. The van der Waals surface area contributed by atoms with Crippen LogP contribution in [-0.2, 0) is 9.59 Å². The Bertz CT molecular complexity index is 1160. The Morgan fingerprint density at radius 1 is 1.03 bits per heavy atom. The van der Waals surface area contributed by atoms with E-state index in [0.29, 0.717) is 28.5 Å². The molecule has 0 aliphatic carbocycles. The fourth-order valence-corrected chi connectivity index (χ4v) is 3.71. The monoisotopic (exact) mass is 419 g/mol. The normalized spacial score (nSPS) is 17.8. The van der Waals surface area contributed by atoms with Crippen molar-refractivity contribution < 1.29 is 28.6 Å². The molecule has 7 nitrogen and oxygen atoms in total. The third kappa shape index (κ3) is 3.44. The summed E-state index contributed by atoms with van der Waals surface area (Å²) < 4.78 is 16.1. The first-order chi connectivity index (χ1) is 15.0. The van der Waals surface area contributed by atoms with E-state index in [2.05, 4.69) is 0 Å². The second kappa shape index (κ2) is 8.02. The summed E-state index contributed by atoms with van der Waals surface area (Å²) in [5, 5.41) is 11.2. The molecule has 1 fully saturated rings.